The first-order valence-corrected chi connectivity index (χ1v) is 13.2. The Morgan fingerprint density at radius 3 is 2.37 bits per heavy atom. The molecule has 0 bridgehead atoms. The molecule has 0 saturated carbocycles. The summed E-state index contributed by atoms with van der Waals surface area (Å²) >= 11 is 3.41. The number of aryl methyl sites for hydroxylation is 1. The molecule has 8 nitrogen and oxygen atoms in total. The minimum Gasteiger partial charge on any atom is -0.493 e. The van der Waals surface area contributed by atoms with E-state index in [9.17, 15) is 13.2 Å². The van der Waals surface area contributed by atoms with Crippen LogP contribution in [0.5, 0.6) is 11.5 Å². The van der Waals surface area contributed by atoms with Gasteiger partial charge in [0.15, 0.2) is 11.5 Å². The van der Waals surface area contributed by atoms with Crippen LogP contribution >= 0.6 is 15.9 Å². The predicted octanol–water partition coefficient (Wildman–Crippen LogP) is 4.50. The lowest BCUT2D eigenvalue weighted by molar-refractivity contribution is 0.0955. The van der Waals surface area contributed by atoms with Gasteiger partial charge in [0, 0.05) is 5.56 Å². The molecule has 35 heavy (non-hydrogen) atoms. The number of hydrogen-bond donors (Lipinski definition) is 1. The van der Waals surface area contributed by atoms with Gasteiger partial charge in [-0.25, -0.2) is 13.8 Å². The molecule has 10 heteroatoms. The van der Waals surface area contributed by atoms with Gasteiger partial charge in [0.2, 0.25) is 10.0 Å². The van der Waals surface area contributed by atoms with Crippen LogP contribution in [0.1, 0.15) is 27.0 Å². The number of benzene rings is 3. The van der Waals surface area contributed by atoms with Crippen molar-refractivity contribution in [1.82, 2.24) is 5.43 Å². The Balaban J connectivity index is 1.73. The van der Waals surface area contributed by atoms with Gasteiger partial charge >= 0.3 is 0 Å². The Hall–Kier alpha value is -3.37. The Bertz CT molecular complexity index is 1340. The first-order chi connectivity index (χ1) is 16.6. The Morgan fingerprint density at radius 1 is 1.09 bits per heavy atom. The fourth-order valence-corrected chi connectivity index (χ4v) is 4.86. The van der Waals surface area contributed by atoms with E-state index in [1.165, 1.54) is 17.6 Å². The fraction of sp³-hybridized carbons (Fsp3) is 0.200. The normalized spacial score (nSPS) is 11.3. The molecule has 0 aliphatic heterocycles. The molecule has 3 rings (SSSR count). The number of anilines is 1. The van der Waals surface area contributed by atoms with E-state index in [0.717, 1.165) is 17.4 Å². The van der Waals surface area contributed by atoms with Gasteiger partial charge in [-0.1, -0.05) is 24.3 Å². The van der Waals surface area contributed by atoms with Crippen molar-refractivity contribution in [3.63, 3.8) is 0 Å². The van der Waals surface area contributed by atoms with Crippen molar-refractivity contribution in [2.24, 2.45) is 5.10 Å². The molecule has 0 saturated heterocycles. The Morgan fingerprint density at radius 2 is 1.77 bits per heavy atom. The van der Waals surface area contributed by atoms with E-state index in [1.54, 1.807) is 43.5 Å². The second kappa shape index (κ2) is 11.4. The first kappa shape index (κ1) is 26.2. The second-order valence-corrected chi connectivity index (χ2v) is 10.4. The molecule has 0 spiro atoms. The van der Waals surface area contributed by atoms with Crippen LogP contribution in [-0.4, -0.2) is 41.0 Å². The van der Waals surface area contributed by atoms with Crippen LogP contribution < -0.4 is 19.2 Å². The number of methoxy groups -OCH3 is 2. The summed E-state index contributed by atoms with van der Waals surface area (Å²) in [6, 6.07) is 17.4. The summed E-state index contributed by atoms with van der Waals surface area (Å²) in [6.45, 7) is 2.13. The van der Waals surface area contributed by atoms with Gasteiger partial charge in [-0.05, 0) is 75.9 Å². The van der Waals surface area contributed by atoms with Crippen LogP contribution in [0.2, 0.25) is 0 Å². The standard InChI is InChI=1S/C25H26BrN3O5S/c1-17-7-5-6-8-20(17)16-29(35(4,31)32)21-11-9-19(10-12-21)25(30)28-27-15-18-13-22(26)24(34-3)23(14-18)33-2/h5-15H,16H2,1-4H3,(H,28,30)/b27-15-. The van der Waals surface area contributed by atoms with E-state index < -0.39 is 15.9 Å². The minimum atomic E-state index is -3.54. The summed E-state index contributed by atoms with van der Waals surface area (Å²) in [6.07, 6.45) is 2.64. The number of carbonyl (C=O) groups is 1. The molecular weight excluding hydrogens is 534 g/mol. The van der Waals surface area contributed by atoms with Crippen molar-refractivity contribution >= 4 is 43.8 Å². The lowest BCUT2D eigenvalue weighted by Crippen LogP contribution is -2.29. The maximum atomic E-state index is 12.5. The van der Waals surface area contributed by atoms with E-state index in [1.807, 2.05) is 31.2 Å². The zero-order valence-electron chi connectivity index (χ0n) is 19.8. The largest absolute Gasteiger partial charge is 0.493 e. The van der Waals surface area contributed by atoms with Gasteiger partial charge < -0.3 is 9.47 Å². The van der Waals surface area contributed by atoms with Crippen molar-refractivity contribution < 1.29 is 22.7 Å². The predicted molar refractivity (Wildman–Crippen MR) is 141 cm³/mol. The zero-order chi connectivity index (χ0) is 25.6. The molecule has 1 amide bonds. The highest BCUT2D eigenvalue weighted by Crippen LogP contribution is 2.35. The van der Waals surface area contributed by atoms with Gasteiger partial charge in [-0.15, -0.1) is 0 Å². The van der Waals surface area contributed by atoms with E-state index >= 15 is 0 Å². The van der Waals surface area contributed by atoms with Crippen molar-refractivity contribution in [2.45, 2.75) is 13.5 Å². The Labute approximate surface area is 213 Å². The fourth-order valence-electron chi connectivity index (χ4n) is 3.36. The average Bonchev–Trinajstić information content (AvgIpc) is 2.82. The quantitative estimate of drug-likeness (QED) is 0.307. The van der Waals surface area contributed by atoms with Crippen LogP contribution in [0, 0.1) is 6.92 Å². The molecule has 0 heterocycles. The van der Waals surface area contributed by atoms with E-state index in [2.05, 4.69) is 26.5 Å². The van der Waals surface area contributed by atoms with Gasteiger partial charge in [-0.2, -0.15) is 5.10 Å². The highest BCUT2D eigenvalue weighted by Gasteiger charge is 2.19. The van der Waals surface area contributed by atoms with E-state index in [4.69, 9.17) is 9.47 Å². The molecule has 3 aromatic rings. The number of hydrogen-bond acceptors (Lipinski definition) is 6. The van der Waals surface area contributed by atoms with Crippen molar-refractivity contribution in [1.29, 1.82) is 0 Å². The lowest BCUT2D eigenvalue weighted by atomic mass is 10.1. The smallest absolute Gasteiger partial charge is 0.271 e. The molecule has 3 aromatic carbocycles. The minimum absolute atomic E-state index is 0.197. The molecule has 0 fully saturated rings. The summed E-state index contributed by atoms with van der Waals surface area (Å²) in [7, 11) is -0.467. The molecule has 0 aromatic heterocycles. The number of hydrazone groups is 1. The molecule has 0 aliphatic rings. The maximum absolute atomic E-state index is 12.5. The molecule has 0 unspecified atom stereocenters. The number of rotatable bonds is 9. The topological polar surface area (TPSA) is 97.3 Å². The van der Waals surface area contributed by atoms with Gasteiger partial charge in [0.1, 0.15) is 0 Å². The Kier molecular flexibility index (Phi) is 8.52. The van der Waals surface area contributed by atoms with Gasteiger partial charge in [-0.3, -0.25) is 9.10 Å². The number of nitrogens with one attached hydrogen (secondary N) is 1. The number of halogens is 1. The molecule has 0 aliphatic carbocycles. The number of sulfonamides is 1. The monoisotopic (exact) mass is 559 g/mol. The molecule has 1 N–H and O–H groups in total. The van der Waals surface area contributed by atoms with Crippen LogP contribution in [0.4, 0.5) is 5.69 Å². The number of ether oxygens (including phenoxy) is 2. The van der Waals surface area contributed by atoms with Crippen molar-refractivity contribution in [3.8, 4) is 11.5 Å². The van der Waals surface area contributed by atoms with Gasteiger partial charge in [0.05, 0.1) is 43.4 Å². The van der Waals surface area contributed by atoms with Crippen LogP contribution in [0.15, 0.2) is 70.2 Å². The SMILES string of the molecule is COc1cc(/C=N\NC(=O)c2ccc(N(Cc3ccccc3C)S(C)(=O)=O)cc2)cc(Br)c1OC. The van der Waals surface area contributed by atoms with Gasteiger partial charge in [0.25, 0.3) is 5.91 Å². The van der Waals surface area contributed by atoms with E-state index in [0.29, 0.717) is 32.8 Å². The maximum Gasteiger partial charge on any atom is 0.271 e. The summed E-state index contributed by atoms with van der Waals surface area (Å²) in [4.78, 5) is 12.5. The third-order valence-corrected chi connectivity index (χ3v) is 6.96. The molecule has 0 atom stereocenters. The van der Waals surface area contributed by atoms with Crippen LogP contribution in [-0.2, 0) is 16.6 Å². The summed E-state index contributed by atoms with van der Waals surface area (Å²) in [5.41, 5.74) is 5.85. The third kappa shape index (κ3) is 6.61. The third-order valence-electron chi connectivity index (χ3n) is 5.23. The summed E-state index contributed by atoms with van der Waals surface area (Å²) in [5.74, 6) is 0.642. The van der Waals surface area contributed by atoms with Crippen LogP contribution in [0.25, 0.3) is 0 Å². The van der Waals surface area contributed by atoms with Crippen LogP contribution in [0.3, 0.4) is 0 Å². The molecule has 184 valence electrons. The summed E-state index contributed by atoms with van der Waals surface area (Å²) < 4.78 is 37.5. The zero-order valence-corrected chi connectivity index (χ0v) is 22.2. The second-order valence-electron chi connectivity index (χ2n) is 7.68. The number of nitrogens with zero attached hydrogens (tertiary/aromatic N) is 2. The molecule has 0 radical (unpaired) electrons. The number of amides is 1. The first-order valence-electron chi connectivity index (χ1n) is 10.5. The van der Waals surface area contributed by atoms with E-state index in [-0.39, 0.29) is 6.54 Å². The average molecular weight is 560 g/mol. The van der Waals surface area contributed by atoms with Crippen molar-refractivity contribution in [3.05, 3.63) is 87.4 Å². The highest BCUT2D eigenvalue weighted by atomic mass is 79.9. The lowest BCUT2D eigenvalue weighted by Gasteiger charge is -2.23. The summed E-state index contributed by atoms with van der Waals surface area (Å²) in [5, 5.41) is 4.00. The molecular formula is C25H26BrN3O5S. The van der Waals surface area contributed by atoms with Crippen molar-refractivity contribution in [2.75, 3.05) is 24.8 Å². The highest BCUT2D eigenvalue weighted by molar-refractivity contribution is 9.10. The number of carbonyl (C=O) groups excluding carboxylic acids is 1.